The van der Waals surface area contributed by atoms with Gasteiger partial charge in [-0.1, -0.05) is 24.3 Å². The molecule has 0 bridgehead atoms. The van der Waals surface area contributed by atoms with Gasteiger partial charge in [-0.2, -0.15) is 0 Å². The van der Waals surface area contributed by atoms with Crippen LogP contribution in [0.5, 0.6) is 0 Å². The fourth-order valence-corrected chi connectivity index (χ4v) is 2.04. The Morgan fingerprint density at radius 1 is 1.10 bits per heavy atom. The first-order valence-electron chi connectivity index (χ1n) is 6.04. The minimum Gasteiger partial charge on any atom is -0.366 e. The summed E-state index contributed by atoms with van der Waals surface area (Å²) in [6, 6.07) is 13.8. The molecular formula is C15H11N3O2. The number of carbonyl (C=O) groups excluding carboxylic acids is 1. The van der Waals surface area contributed by atoms with Crippen molar-refractivity contribution >= 4 is 16.8 Å². The van der Waals surface area contributed by atoms with Crippen molar-refractivity contribution in [3.8, 4) is 11.4 Å². The number of benzene rings is 2. The van der Waals surface area contributed by atoms with Gasteiger partial charge in [-0.15, -0.1) is 0 Å². The van der Waals surface area contributed by atoms with E-state index in [0.717, 1.165) is 0 Å². The van der Waals surface area contributed by atoms with E-state index in [1.807, 2.05) is 6.07 Å². The first-order chi connectivity index (χ1) is 9.65. The van der Waals surface area contributed by atoms with Crippen molar-refractivity contribution < 1.29 is 4.79 Å². The van der Waals surface area contributed by atoms with Gasteiger partial charge in [0.1, 0.15) is 5.82 Å². The van der Waals surface area contributed by atoms with E-state index in [-0.39, 0.29) is 5.56 Å². The van der Waals surface area contributed by atoms with Gasteiger partial charge in [0.15, 0.2) is 0 Å². The largest absolute Gasteiger partial charge is 0.366 e. The zero-order valence-corrected chi connectivity index (χ0v) is 10.5. The van der Waals surface area contributed by atoms with E-state index in [1.54, 1.807) is 42.5 Å². The Hall–Kier alpha value is -2.95. The molecule has 2 aromatic carbocycles. The predicted octanol–water partition coefficient (Wildman–Crippen LogP) is 1.69. The summed E-state index contributed by atoms with van der Waals surface area (Å²) in [6.07, 6.45) is 0. The zero-order valence-electron chi connectivity index (χ0n) is 10.5. The van der Waals surface area contributed by atoms with Crippen LogP contribution in [0.25, 0.3) is 22.3 Å². The topological polar surface area (TPSA) is 88.8 Å². The molecule has 0 unspecified atom stereocenters. The van der Waals surface area contributed by atoms with Gasteiger partial charge in [-0.3, -0.25) is 9.59 Å². The summed E-state index contributed by atoms with van der Waals surface area (Å²) in [5.74, 6) is -0.105. The molecule has 1 amide bonds. The van der Waals surface area contributed by atoms with Gasteiger partial charge in [0.2, 0.25) is 5.91 Å². The molecule has 0 spiro atoms. The van der Waals surface area contributed by atoms with E-state index in [0.29, 0.717) is 27.9 Å². The molecule has 98 valence electrons. The smallest absolute Gasteiger partial charge is 0.259 e. The zero-order chi connectivity index (χ0) is 14.1. The van der Waals surface area contributed by atoms with Gasteiger partial charge in [0.05, 0.1) is 10.9 Å². The third-order valence-corrected chi connectivity index (χ3v) is 3.03. The van der Waals surface area contributed by atoms with Gasteiger partial charge in [-0.25, -0.2) is 4.98 Å². The molecule has 0 fully saturated rings. The summed E-state index contributed by atoms with van der Waals surface area (Å²) in [5.41, 5.74) is 6.66. The van der Waals surface area contributed by atoms with E-state index in [9.17, 15) is 9.59 Å². The number of nitrogens with one attached hydrogen (secondary N) is 1. The summed E-state index contributed by atoms with van der Waals surface area (Å²) in [4.78, 5) is 30.3. The van der Waals surface area contributed by atoms with Gasteiger partial charge < -0.3 is 10.7 Å². The molecule has 5 nitrogen and oxygen atoms in total. The van der Waals surface area contributed by atoms with Crippen LogP contribution in [0.1, 0.15) is 10.4 Å². The molecule has 1 aromatic heterocycles. The lowest BCUT2D eigenvalue weighted by Crippen LogP contribution is -2.12. The van der Waals surface area contributed by atoms with Crippen LogP contribution in [0.15, 0.2) is 53.3 Å². The van der Waals surface area contributed by atoms with Crippen LogP contribution in [0.2, 0.25) is 0 Å². The second-order valence-electron chi connectivity index (χ2n) is 4.38. The Balaban J connectivity index is 2.22. The van der Waals surface area contributed by atoms with Crippen LogP contribution in [-0.2, 0) is 0 Å². The quantitative estimate of drug-likeness (QED) is 0.739. The van der Waals surface area contributed by atoms with Gasteiger partial charge in [0, 0.05) is 11.1 Å². The lowest BCUT2D eigenvalue weighted by molar-refractivity contribution is 0.100. The number of aromatic amines is 1. The van der Waals surface area contributed by atoms with E-state index in [1.165, 1.54) is 0 Å². The second kappa shape index (κ2) is 4.62. The first kappa shape index (κ1) is 12.1. The summed E-state index contributed by atoms with van der Waals surface area (Å²) in [6.45, 7) is 0. The highest BCUT2D eigenvalue weighted by molar-refractivity contribution is 5.94. The molecule has 3 N–H and O–H groups in total. The normalized spacial score (nSPS) is 10.6. The van der Waals surface area contributed by atoms with Crippen LogP contribution in [0, 0.1) is 0 Å². The Morgan fingerprint density at radius 2 is 1.90 bits per heavy atom. The molecule has 0 radical (unpaired) electrons. The third kappa shape index (κ3) is 2.05. The maximum atomic E-state index is 12.0. The first-order valence-corrected chi connectivity index (χ1v) is 6.04. The summed E-state index contributed by atoms with van der Waals surface area (Å²) >= 11 is 0. The van der Waals surface area contributed by atoms with Crippen LogP contribution in [-0.4, -0.2) is 15.9 Å². The fraction of sp³-hybridized carbons (Fsp3) is 0. The number of hydrogen-bond acceptors (Lipinski definition) is 3. The van der Waals surface area contributed by atoms with Gasteiger partial charge in [-0.05, 0) is 24.3 Å². The number of rotatable bonds is 2. The molecule has 3 rings (SSSR count). The average molecular weight is 265 g/mol. The number of nitrogens with zero attached hydrogens (tertiary/aromatic N) is 1. The molecule has 1 heterocycles. The van der Waals surface area contributed by atoms with Crippen molar-refractivity contribution in [2.24, 2.45) is 5.73 Å². The number of fused-ring (bicyclic) bond motifs is 1. The summed E-state index contributed by atoms with van der Waals surface area (Å²) in [7, 11) is 0. The third-order valence-electron chi connectivity index (χ3n) is 3.03. The van der Waals surface area contributed by atoms with Gasteiger partial charge in [0.25, 0.3) is 5.56 Å². The van der Waals surface area contributed by atoms with Crippen molar-refractivity contribution in [2.75, 3.05) is 0 Å². The van der Waals surface area contributed by atoms with Crippen LogP contribution >= 0.6 is 0 Å². The molecule has 20 heavy (non-hydrogen) atoms. The van der Waals surface area contributed by atoms with E-state index in [4.69, 9.17) is 5.73 Å². The molecule has 3 aromatic rings. The molecule has 0 saturated carbocycles. The standard InChI is InChI=1S/C15H11N3O2/c16-13(19)9-4-3-5-10(8-9)14-17-12-7-2-1-6-11(12)15(20)18-14/h1-8H,(H2,16,19)(H,17,18,20). The van der Waals surface area contributed by atoms with Crippen LogP contribution in [0.3, 0.4) is 0 Å². The van der Waals surface area contributed by atoms with Crippen molar-refractivity contribution in [1.82, 2.24) is 9.97 Å². The Labute approximate surface area is 114 Å². The number of aromatic nitrogens is 2. The Bertz CT molecular complexity index is 868. The van der Waals surface area contributed by atoms with E-state index < -0.39 is 5.91 Å². The maximum absolute atomic E-state index is 12.0. The number of H-pyrrole nitrogens is 1. The average Bonchev–Trinajstić information content (AvgIpc) is 2.47. The van der Waals surface area contributed by atoms with Crippen LogP contribution < -0.4 is 11.3 Å². The van der Waals surface area contributed by atoms with Crippen LogP contribution in [0.4, 0.5) is 0 Å². The minimum atomic E-state index is -0.519. The number of primary amides is 1. The number of para-hydroxylation sites is 1. The molecule has 0 atom stereocenters. The second-order valence-corrected chi connectivity index (χ2v) is 4.38. The summed E-state index contributed by atoms with van der Waals surface area (Å²) in [5, 5.41) is 0.530. The number of hydrogen-bond donors (Lipinski definition) is 2. The highest BCUT2D eigenvalue weighted by Gasteiger charge is 2.07. The van der Waals surface area contributed by atoms with Crippen molar-refractivity contribution in [2.45, 2.75) is 0 Å². The number of carbonyl (C=O) groups is 1. The SMILES string of the molecule is NC(=O)c1cccc(-c2nc3ccccc3c(=O)[nH]2)c1. The molecule has 0 aliphatic rings. The van der Waals surface area contributed by atoms with Crippen molar-refractivity contribution in [1.29, 1.82) is 0 Å². The maximum Gasteiger partial charge on any atom is 0.259 e. The molecular weight excluding hydrogens is 254 g/mol. The molecule has 5 heteroatoms. The summed E-state index contributed by atoms with van der Waals surface area (Å²) < 4.78 is 0. The monoisotopic (exact) mass is 265 g/mol. The molecule has 0 saturated heterocycles. The van der Waals surface area contributed by atoms with Crippen molar-refractivity contribution in [3.05, 3.63) is 64.4 Å². The molecule has 0 aliphatic heterocycles. The molecule has 0 aliphatic carbocycles. The van der Waals surface area contributed by atoms with Gasteiger partial charge >= 0.3 is 0 Å². The number of nitrogens with two attached hydrogens (primary N) is 1. The number of amides is 1. The predicted molar refractivity (Wildman–Crippen MR) is 76.3 cm³/mol. The lowest BCUT2D eigenvalue weighted by Gasteiger charge is -2.04. The highest BCUT2D eigenvalue weighted by atomic mass is 16.1. The highest BCUT2D eigenvalue weighted by Crippen LogP contribution is 2.17. The lowest BCUT2D eigenvalue weighted by atomic mass is 10.1. The Morgan fingerprint density at radius 3 is 2.70 bits per heavy atom. The van der Waals surface area contributed by atoms with E-state index >= 15 is 0 Å². The van der Waals surface area contributed by atoms with Crippen molar-refractivity contribution in [3.63, 3.8) is 0 Å². The minimum absolute atomic E-state index is 0.213. The Kier molecular flexibility index (Phi) is 2.80. The fourth-order valence-electron chi connectivity index (χ4n) is 2.04. The van der Waals surface area contributed by atoms with E-state index in [2.05, 4.69) is 9.97 Å².